The Morgan fingerprint density at radius 3 is 2.88 bits per heavy atom. The molecule has 0 aromatic heterocycles. The van der Waals surface area contributed by atoms with Gasteiger partial charge in [-0.15, -0.1) is 0 Å². The van der Waals surface area contributed by atoms with Gasteiger partial charge in [-0.05, 0) is 18.1 Å². The number of hydrogen-bond acceptors (Lipinski definition) is 2. The third-order valence-electron chi connectivity index (χ3n) is 2.70. The summed E-state index contributed by atoms with van der Waals surface area (Å²) in [5, 5.41) is 11.1. The van der Waals surface area contributed by atoms with E-state index in [2.05, 4.69) is 5.32 Å². The number of benzene rings is 1. The van der Waals surface area contributed by atoms with Crippen LogP contribution in [0, 0.1) is 6.92 Å². The summed E-state index contributed by atoms with van der Waals surface area (Å²) in [5.41, 5.74) is 1.74. The molecule has 1 aliphatic heterocycles. The highest BCUT2D eigenvalue weighted by atomic mass is 19.1. The molecule has 0 aliphatic carbocycles. The molecule has 1 heterocycles. The van der Waals surface area contributed by atoms with E-state index in [1.165, 1.54) is 0 Å². The Balaban J connectivity index is 2.48. The number of carboxylic acids is 1. The van der Waals surface area contributed by atoms with E-state index in [1.807, 2.05) is 0 Å². The monoisotopic (exact) mass is 223 g/mol. The first-order valence-electron chi connectivity index (χ1n) is 4.79. The average molecular weight is 223 g/mol. The van der Waals surface area contributed by atoms with Crippen molar-refractivity contribution >= 4 is 17.6 Å². The molecule has 4 nitrogen and oxygen atoms in total. The van der Waals surface area contributed by atoms with Gasteiger partial charge < -0.3 is 10.4 Å². The van der Waals surface area contributed by atoms with E-state index < -0.39 is 24.0 Å². The predicted molar refractivity (Wildman–Crippen MR) is 55.1 cm³/mol. The Kier molecular flexibility index (Phi) is 2.38. The summed E-state index contributed by atoms with van der Waals surface area (Å²) in [6.07, 6.45) is -2.21. The van der Waals surface area contributed by atoms with Crippen molar-refractivity contribution in [3.05, 3.63) is 29.3 Å². The van der Waals surface area contributed by atoms with Crippen molar-refractivity contribution in [3.63, 3.8) is 0 Å². The largest absolute Gasteiger partial charge is 0.479 e. The number of anilines is 1. The van der Waals surface area contributed by atoms with Gasteiger partial charge in [-0.25, -0.2) is 9.18 Å². The standard InChI is InChI=1S/C11H10FNO3/c1-5-3-2-4-6-7(8(12)11(15)16)10(14)13-9(5)6/h2-4,7-8H,1H3,(H,13,14)(H,15,16). The van der Waals surface area contributed by atoms with E-state index in [9.17, 15) is 14.0 Å². The van der Waals surface area contributed by atoms with Crippen LogP contribution < -0.4 is 5.32 Å². The number of carbonyl (C=O) groups is 2. The quantitative estimate of drug-likeness (QED) is 0.797. The summed E-state index contributed by atoms with van der Waals surface area (Å²) in [4.78, 5) is 22.1. The molecular formula is C11H10FNO3. The molecule has 2 N–H and O–H groups in total. The van der Waals surface area contributed by atoms with Gasteiger partial charge in [0.15, 0.2) is 0 Å². The van der Waals surface area contributed by atoms with Crippen LogP contribution in [0.2, 0.25) is 0 Å². The molecule has 2 unspecified atom stereocenters. The van der Waals surface area contributed by atoms with Gasteiger partial charge in [0.1, 0.15) is 5.92 Å². The number of para-hydroxylation sites is 1. The minimum Gasteiger partial charge on any atom is -0.479 e. The lowest BCUT2D eigenvalue weighted by Gasteiger charge is -2.10. The summed E-state index contributed by atoms with van der Waals surface area (Å²) in [7, 11) is 0. The molecule has 1 amide bonds. The van der Waals surface area contributed by atoms with E-state index in [0.29, 0.717) is 11.3 Å². The molecule has 2 rings (SSSR count). The molecular weight excluding hydrogens is 213 g/mol. The molecule has 0 saturated carbocycles. The number of nitrogens with one attached hydrogen (secondary N) is 1. The summed E-state index contributed by atoms with van der Waals surface area (Å²) < 4.78 is 13.4. The van der Waals surface area contributed by atoms with Crippen LogP contribution in [0.4, 0.5) is 10.1 Å². The van der Waals surface area contributed by atoms with Crippen molar-refractivity contribution in [2.75, 3.05) is 5.32 Å². The van der Waals surface area contributed by atoms with Crippen LogP contribution in [-0.2, 0) is 9.59 Å². The number of hydrogen-bond donors (Lipinski definition) is 2. The lowest BCUT2D eigenvalue weighted by molar-refractivity contribution is -0.145. The van der Waals surface area contributed by atoms with E-state index in [4.69, 9.17) is 5.11 Å². The lowest BCUT2D eigenvalue weighted by Crippen LogP contribution is -2.28. The van der Waals surface area contributed by atoms with Gasteiger partial charge >= 0.3 is 5.97 Å². The van der Waals surface area contributed by atoms with Crippen LogP contribution in [-0.4, -0.2) is 23.2 Å². The molecule has 2 atom stereocenters. The first-order chi connectivity index (χ1) is 7.52. The number of carbonyl (C=O) groups excluding carboxylic acids is 1. The lowest BCUT2D eigenvalue weighted by atomic mass is 9.94. The fourth-order valence-corrected chi connectivity index (χ4v) is 1.90. The molecule has 1 aromatic rings. The number of alkyl halides is 1. The third-order valence-corrected chi connectivity index (χ3v) is 2.70. The highest BCUT2D eigenvalue weighted by molar-refractivity contribution is 6.06. The maximum absolute atomic E-state index is 13.4. The summed E-state index contributed by atoms with van der Waals surface area (Å²) in [6, 6.07) is 5.02. The number of halogens is 1. The smallest absolute Gasteiger partial charge is 0.339 e. The molecule has 0 radical (unpaired) electrons. The average Bonchev–Trinajstić information content (AvgIpc) is 2.55. The van der Waals surface area contributed by atoms with Gasteiger partial charge in [0.2, 0.25) is 12.1 Å². The normalized spacial score (nSPS) is 20.1. The zero-order valence-corrected chi connectivity index (χ0v) is 8.53. The minimum atomic E-state index is -2.21. The summed E-state index contributed by atoms with van der Waals surface area (Å²) in [6.45, 7) is 1.77. The Morgan fingerprint density at radius 1 is 1.56 bits per heavy atom. The first kappa shape index (κ1) is 10.6. The van der Waals surface area contributed by atoms with Crippen LogP contribution in [0.25, 0.3) is 0 Å². The van der Waals surface area contributed by atoms with Crippen molar-refractivity contribution in [3.8, 4) is 0 Å². The SMILES string of the molecule is Cc1cccc2c1NC(=O)C2C(F)C(=O)O. The second kappa shape index (κ2) is 3.59. The van der Waals surface area contributed by atoms with Gasteiger partial charge in [-0.2, -0.15) is 0 Å². The van der Waals surface area contributed by atoms with Crippen molar-refractivity contribution in [2.45, 2.75) is 19.0 Å². The van der Waals surface area contributed by atoms with Gasteiger partial charge in [0.05, 0.1) is 0 Å². The number of fused-ring (bicyclic) bond motifs is 1. The second-order valence-electron chi connectivity index (χ2n) is 3.75. The fraction of sp³-hybridized carbons (Fsp3) is 0.273. The van der Waals surface area contributed by atoms with Gasteiger partial charge in [0.25, 0.3) is 0 Å². The maximum Gasteiger partial charge on any atom is 0.339 e. The highest BCUT2D eigenvalue weighted by Gasteiger charge is 2.41. The van der Waals surface area contributed by atoms with Crippen molar-refractivity contribution in [1.29, 1.82) is 0 Å². The molecule has 0 fully saturated rings. The number of aryl methyl sites for hydroxylation is 1. The number of rotatable bonds is 2. The van der Waals surface area contributed by atoms with E-state index >= 15 is 0 Å². The first-order valence-corrected chi connectivity index (χ1v) is 4.79. The predicted octanol–water partition coefficient (Wildman–Crippen LogP) is 1.45. The Labute approximate surface area is 91.1 Å². The van der Waals surface area contributed by atoms with Crippen molar-refractivity contribution in [1.82, 2.24) is 0 Å². The topological polar surface area (TPSA) is 66.4 Å². The molecule has 0 bridgehead atoms. The van der Waals surface area contributed by atoms with Crippen molar-refractivity contribution < 1.29 is 19.1 Å². The van der Waals surface area contributed by atoms with E-state index in [1.54, 1.807) is 25.1 Å². The Morgan fingerprint density at radius 2 is 2.25 bits per heavy atom. The third kappa shape index (κ3) is 1.44. The van der Waals surface area contributed by atoms with Crippen molar-refractivity contribution in [2.24, 2.45) is 0 Å². The molecule has 0 spiro atoms. The maximum atomic E-state index is 13.4. The van der Waals surface area contributed by atoms with Crippen LogP contribution in [0.15, 0.2) is 18.2 Å². The van der Waals surface area contributed by atoms with Crippen LogP contribution in [0.3, 0.4) is 0 Å². The molecule has 1 aliphatic rings. The number of amides is 1. The van der Waals surface area contributed by atoms with Gasteiger partial charge in [0, 0.05) is 5.69 Å². The number of aliphatic carboxylic acids is 1. The van der Waals surface area contributed by atoms with Crippen LogP contribution >= 0.6 is 0 Å². The zero-order chi connectivity index (χ0) is 11.9. The van der Waals surface area contributed by atoms with Crippen LogP contribution in [0.1, 0.15) is 17.0 Å². The summed E-state index contributed by atoms with van der Waals surface area (Å²) in [5.74, 6) is -3.46. The molecule has 0 saturated heterocycles. The van der Waals surface area contributed by atoms with E-state index in [0.717, 1.165) is 5.56 Å². The Bertz CT molecular complexity index is 472. The fourth-order valence-electron chi connectivity index (χ4n) is 1.90. The van der Waals surface area contributed by atoms with E-state index in [-0.39, 0.29) is 0 Å². The molecule has 16 heavy (non-hydrogen) atoms. The number of carboxylic acid groups (broad SMARTS) is 1. The second-order valence-corrected chi connectivity index (χ2v) is 3.75. The Hall–Kier alpha value is -1.91. The molecule has 1 aromatic carbocycles. The molecule has 5 heteroatoms. The van der Waals surface area contributed by atoms with Crippen LogP contribution in [0.5, 0.6) is 0 Å². The zero-order valence-electron chi connectivity index (χ0n) is 8.53. The summed E-state index contributed by atoms with van der Waals surface area (Å²) >= 11 is 0. The highest BCUT2D eigenvalue weighted by Crippen LogP contribution is 2.37. The minimum absolute atomic E-state index is 0.417. The van der Waals surface area contributed by atoms with Gasteiger partial charge in [-0.1, -0.05) is 18.2 Å². The molecule has 84 valence electrons. The van der Waals surface area contributed by atoms with Gasteiger partial charge in [-0.3, -0.25) is 4.79 Å².